The van der Waals surface area contributed by atoms with Crippen molar-refractivity contribution in [1.82, 2.24) is 5.01 Å². The first-order chi connectivity index (χ1) is 6.18. The molecule has 2 fully saturated rings. The summed E-state index contributed by atoms with van der Waals surface area (Å²) in [6.45, 7) is 5.66. The number of hydrazine groups is 1. The van der Waals surface area contributed by atoms with Gasteiger partial charge in [-0.25, -0.2) is 5.01 Å². The summed E-state index contributed by atoms with van der Waals surface area (Å²) in [7, 11) is 2.58. The fourth-order valence-corrected chi connectivity index (χ4v) is 2.80. The van der Waals surface area contributed by atoms with Crippen LogP contribution >= 0.6 is 0 Å². The number of nitrogens with zero attached hydrogens (tertiary/aromatic N) is 1. The summed E-state index contributed by atoms with van der Waals surface area (Å²) >= 11 is 0. The highest BCUT2D eigenvalue weighted by atomic mass is 15.4. The third-order valence-electron chi connectivity index (χ3n) is 3.73. The molecular weight excluding hydrogens is 159 g/mol. The predicted molar refractivity (Wildman–Crippen MR) is 56.6 cm³/mol. The molecule has 13 heavy (non-hydrogen) atoms. The van der Waals surface area contributed by atoms with Gasteiger partial charge in [0.2, 0.25) is 0 Å². The Kier molecular flexibility index (Phi) is 2.66. The monoisotopic (exact) mass is 179 g/mol. The fraction of sp³-hybridized carbons (Fsp3) is 1.00. The van der Waals surface area contributed by atoms with Crippen molar-refractivity contribution in [3.05, 3.63) is 0 Å². The van der Waals surface area contributed by atoms with Crippen molar-refractivity contribution in [2.75, 3.05) is 6.54 Å². The quantitative estimate of drug-likeness (QED) is 0.490. The van der Waals surface area contributed by atoms with Gasteiger partial charge in [-0.1, -0.05) is 44.2 Å². The zero-order chi connectivity index (χ0) is 9.42. The molecule has 3 atom stereocenters. The minimum Gasteiger partial charge on any atom is -0.269 e. The molecule has 0 aromatic carbocycles. The lowest BCUT2D eigenvalue weighted by atomic mass is 9.48. The van der Waals surface area contributed by atoms with Crippen LogP contribution in [0.5, 0.6) is 0 Å². The Bertz CT molecular complexity index is 184. The third kappa shape index (κ3) is 1.77. The van der Waals surface area contributed by atoms with E-state index in [9.17, 15) is 0 Å². The lowest BCUT2D eigenvalue weighted by Gasteiger charge is -2.40. The summed E-state index contributed by atoms with van der Waals surface area (Å²) in [6.07, 6.45) is 4.04. The van der Waals surface area contributed by atoms with Crippen LogP contribution < -0.4 is 5.84 Å². The summed E-state index contributed by atoms with van der Waals surface area (Å²) in [4.78, 5) is 0. The van der Waals surface area contributed by atoms with Gasteiger partial charge in [0.05, 0.1) is 0 Å². The average Bonchev–Trinajstić information content (AvgIpc) is 2.51. The van der Waals surface area contributed by atoms with E-state index < -0.39 is 0 Å². The summed E-state index contributed by atoms with van der Waals surface area (Å²) < 4.78 is 0. The SMILES string of the molecule is CC(C)C1[B]C2CCCC2N(N)C1. The Morgan fingerprint density at radius 1 is 1.38 bits per heavy atom. The van der Waals surface area contributed by atoms with Crippen LogP contribution in [-0.2, 0) is 0 Å². The van der Waals surface area contributed by atoms with Gasteiger partial charge in [0.1, 0.15) is 7.28 Å². The predicted octanol–water partition coefficient (Wildman–Crippen LogP) is 1.67. The second kappa shape index (κ2) is 3.62. The molecule has 0 aromatic heterocycles. The second-order valence-corrected chi connectivity index (χ2v) is 4.96. The number of hydrogen-bond donors (Lipinski definition) is 1. The number of rotatable bonds is 1. The van der Waals surface area contributed by atoms with E-state index in [0.717, 1.165) is 18.3 Å². The molecule has 1 saturated heterocycles. The molecule has 3 heteroatoms. The topological polar surface area (TPSA) is 29.3 Å². The van der Waals surface area contributed by atoms with Gasteiger partial charge < -0.3 is 0 Å². The van der Waals surface area contributed by atoms with Crippen LogP contribution in [0.25, 0.3) is 0 Å². The van der Waals surface area contributed by atoms with Crippen molar-refractivity contribution < 1.29 is 0 Å². The van der Waals surface area contributed by atoms with Crippen LogP contribution in [0, 0.1) is 5.92 Å². The normalized spacial score (nSPS) is 40.5. The maximum Gasteiger partial charge on any atom is 0.121 e. The first kappa shape index (κ1) is 9.54. The fourth-order valence-electron chi connectivity index (χ4n) is 2.80. The second-order valence-electron chi connectivity index (χ2n) is 4.96. The first-order valence-corrected chi connectivity index (χ1v) is 5.55. The van der Waals surface area contributed by atoms with Crippen LogP contribution in [0.3, 0.4) is 0 Å². The maximum absolute atomic E-state index is 6.06. The van der Waals surface area contributed by atoms with Crippen molar-refractivity contribution in [2.45, 2.75) is 50.8 Å². The molecule has 1 aliphatic carbocycles. The van der Waals surface area contributed by atoms with Gasteiger partial charge in [0.25, 0.3) is 0 Å². The zero-order valence-corrected chi connectivity index (χ0v) is 8.74. The molecule has 1 heterocycles. The van der Waals surface area contributed by atoms with E-state index in [0.29, 0.717) is 11.9 Å². The molecule has 1 saturated carbocycles. The van der Waals surface area contributed by atoms with E-state index in [-0.39, 0.29) is 0 Å². The van der Waals surface area contributed by atoms with Gasteiger partial charge in [-0.05, 0) is 6.42 Å². The van der Waals surface area contributed by atoms with Gasteiger partial charge in [0.15, 0.2) is 0 Å². The molecule has 2 rings (SSSR count). The van der Waals surface area contributed by atoms with E-state index in [1.54, 1.807) is 0 Å². The van der Waals surface area contributed by atoms with Gasteiger partial charge >= 0.3 is 0 Å². The Balaban J connectivity index is 2.01. The lowest BCUT2D eigenvalue weighted by Crippen LogP contribution is -2.50. The van der Waals surface area contributed by atoms with Gasteiger partial charge in [-0.3, -0.25) is 5.84 Å². The highest BCUT2D eigenvalue weighted by molar-refractivity contribution is 6.40. The highest BCUT2D eigenvalue weighted by Gasteiger charge is 2.38. The van der Waals surface area contributed by atoms with Crippen LogP contribution in [0.2, 0.25) is 11.6 Å². The van der Waals surface area contributed by atoms with Gasteiger partial charge in [0, 0.05) is 12.6 Å². The molecule has 73 valence electrons. The van der Waals surface area contributed by atoms with Gasteiger partial charge in [-0.15, -0.1) is 0 Å². The Hall–Kier alpha value is -0.0151. The van der Waals surface area contributed by atoms with Crippen molar-refractivity contribution >= 4 is 7.28 Å². The Labute approximate surface area is 82.1 Å². The minimum atomic E-state index is 0.662. The first-order valence-electron chi connectivity index (χ1n) is 5.55. The summed E-state index contributed by atoms with van der Waals surface area (Å²) in [5.74, 6) is 8.30. The van der Waals surface area contributed by atoms with Crippen molar-refractivity contribution in [3.63, 3.8) is 0 Å². The van der Waals surface area contributed by atoms with Crippen LogP contribution in [0.15, 0.2) is 0 Å². The molecule has 0 spiro atoms. The molecule has 1 aliphatic heterocycles. The van der Waals surface area contributed by atoms with Crippen LogP contribution in [-0.4, -0.2) is 24.9 Å². The van der Waals surface area contributed by atoms with Crippen molar-refractivity contribution in [3.8, 4) is 0 Å². The molecule has 3 unspecified atom stereocenters. The molecule has 2 nitrogen and oxygen atoms in total. The summed E-state index contributed by atoms with van der Waals surface area (Å²) in [6, 6.07) is 0.662. The van der Waals surface area contributed by atoms with Crippen molar-refractivity contribution in [2.24, 2.45) is 11.8 Å². The van der Waals surface area contributed by atoms with Gasteiger partial charge in [-0.2, -0.15) is 0 Å². The summed E-state index contributed by atoms with van der Waals surface area (Å²) in [5.41, 5.74) is 0. The number of hydrogen-bond acceptors (Lipinski definition) is 2. The maximum atomic E-state index is 6.06. The van der Waals surface area contributed by atoms with E-state index in [4.69, 9.17) is 5.84 Å². The lowest BCUT2D eigenvalue weighted by molar-refractivity contribution is 0.176. The third-order valence-corrected chi connectivity index (χ3v) is 3.73. The van der Waals surface area contributed by atoms with Crippen LogP contribution in [0.1, 0.15) is 33.1 Å². The molecule has 2 N–H and O–H groups in total. The molecule has 2 aliphatic rings. The number of nitrogens with two attached hydrogens (primary N) is 1. The molecule has 0 bridgehead atoms. The largest absolute Gasteiger partial charge is 0.269 e. The van der Waals surface area contributed by atoms with E-state index in [1.807, 2.05) is 0 Å². The number of fused-ring (bicyclic) bond motifs is 1. The van der Waals surface area contributed by atoms with Crippen LogP contribution in [0.4, 0.5) is 0 Å². The molecule has 0 aromatic rings. The zero-order valence-electron chi connectivity index (χ0n) is 8.74. The van der Waals surface area contributed by atoms with E-state index in [1.165, 1.54) is 19.3 Å². The molecule has 0 amide bonds. The minimum absolute atomic E-state index is 0.662. The smallest absolute Gasteiger partial charge is 0.121 e. The average molecular weight is 179 g/mol. The van der Waals surface area contributed by atoms with E-state index >= 15 is 0 Å². The summed E-state index contributed by atoms with van der Waals surface area (Å²) in [5, 5.41) is 2.10. The standard InChI is InChI=1S/C10H20BN2/c1-7(2)9-6-13(12)10-5-3-4-8(10)11-9/h7-10H,3-6,12H2,1-2H3. The Morgan fingerprint density at radius 2 is 2.15 bits per heavy atom. The van der Waals surface area contributed by atoms with E-state index in [2.05, 4.69) is 26.1 Å². The molecule has 1 radical (unpaired) electrons. The molecular formula is C10H20BN2. The Morgan fingerprint density at radius 3 is 2.85 bits per heavy atom. The van der Waals surface area contributed by atoms with Crippen molar-refractivity contribution in [1.29, 1.82) is 0 Å². The highest BCUT2D eigenvalue weighted by Crippen LogP contribution is 2.40.